The fraction of sp³-hybridized carbons (Fsp3) is 0.556. The highest BCUT2D eigenvalue weighted by molar-refractivity contribution is 6.32. The first-order valence-electron chi connectivity index (χ1n) is 8.45. The van der Waals surface area contributed by atoms with E-state index in [1.54, 1.807) is 11.1 Å². The number of para-hydroxylation sites is 1. The van der Waals surface area contributed by atoms with Gasteiger partial charge in [0, 0.05) is 17.9 Å². The second-order valence-corrected chi connectivity index (χ2v) is 6.62. The molecule has 0 amide bonds. The number of rotatable bonds is 7. The highest BCUT2D eigenvalue weighted by Gasteiger charge is 2.28. The van der Waals surface area contributed by atoms with Gasteiger partial charge >= 0.3 is 0 Å². The van der Waals surface area contributed by atoms with E-state index in [2.05, 4.69) is 18.9 Å². The summed E-state index contributed by atoms with van der Waals surface area (Å²) in [4.78, 5) is 0. The molecule has 24 heavy (non-hydrogen) atoms. The number of aromatic hydroxyl groups is 1. The molecule has 1 aromatic rings. The van der Waals surface area contributed by atoms with Gasteiger partial charge in [-0.1, -0.05) is 57.2 Å². The molecule has 2 N–H and O–H groups in total. The second-order valence-electron chi connectivity index (χ2n) is 6.22. The van der Waals surface area contributed by atoms with Gasteiger partial charge in [-0.2, -0.15) is 5.10 Å². The van der Waals surface area contributed by atoms with Gasteiger partial charge in [0.2, 0.25) is 0 Å². The zero-order chi connectivity index (χ0) is 16.8. The van der Waals surface area contributed by atoms with Gasteiger partial charge in [-0.15, -0.1) is 12.4 Å². The monoisotopic (exact) mass is 371 g/mol. The summed E-state index contributed by atoms with van der Waals surface area (Å²) in [5.41, 5.74) is 1.48. The smallest absolute Gasteiger partial charge is 0.143 e. The topological polar surface area (TPSA) is 59.7 Å². The largest absolute Gasteiger partial charge is 0.506 e. The van der Waals surface area contributed by atoms with Crippen LogP contribution < -0.4 is 0 Å². The number of halogens is 2. The van der Waals surface area contributed by atoms with Gasteiger partial charge in [-0.25, -0.2) is 0 Å². The highest BCUT2D eigenvalue weighted by Crippen LogP contribution is 2.31. The number of phenolic OH excluding ortho intramolecular Hbond substituents is 1. The second kappa shape index (κ2) is 9.90. The molecular weight excluding hydrogens is 345 g/mol. The number of hydrogen-bond acceptors (Lipinski definition) is 3. The molecule has 6 heteroatoms. The quantitative estimate of drug-likeness (QED) is 0.379. The number of nitrogens with one attached hydrogen (secondary N) is 1. The van der Waals surface area contributed by atoms with Crippen molar-refractivity contribution >= 4 is 35.6 Å². The van der Waals surface area contributed by atoms with E-state index in [9.17, 15) is 5.11 Å². The fourth-order valence-electron chi connectivity index (χ4n) is 2.85. The van der Waals surface area contributed by atoms with Crippen molar-refractivity contribution in [2.75, 3.05) is 6.54 Å². The number of hydrogen-bond donors (Lipinski definition) is 2. The molecule has 0 aromatic heterocycles. The van der Waals surface area contributed by atoms with Crippen LogP contribution in [0.5, 0.6) is 5.75 Å². The summed E-state index contributed by atoms with van der Waals surface area (Å²) in [7, 11) is 0. The number of amidine groups is 1. The molecule has 0 saturated heterocycles. The average molecular weight is 372 g/mol. The van der Waals surface area contributed by atoms with Crippen LogP contribution in [-0.4, -0.2) is 28.2 Å². The van der Waals surface area contributed by atoms with Crippen molar-refractivity contribution < 1.29 is 5.11 Å². The van der Waals surface area contributed by atoms with Crippen molar-refractivity contribution in [1.82, 2.24) is 5.01 Å². The molecule has 2 rings (SSSR count). The van der Waals surface area contributed by atoms with Crippen molar-refractivity contribution in [3.63, 3.8) is 0 Å². The molecule has 1 atom stereocenters. The van der Waals surface area contributed by atoms with Crippen LogP contribution >= 0.6 is 24.0 Å². The minimum atomic E-state index is 0. The molecule has 0 aliphatic carbocycles. The lowest BCUT2D eigenvalue weighted by atomic mass is 9.98. The Hall–Kier alpha value is -1.26. The zero-order valence-electron chi connectivity index (χ0n) is 14.4. The SMILES string of the molecule is CCCCCCCC(=N)N1CC(C)C(c2cccc(Cl)c2O)=N1.Cl. The van der Waals surface area contributed by atoms with Gasteiger partial charge in [0.1, 0.15) is 11.6 Å². The molecule has 134 valence electrons. The van der Waals surface area contributed by atoms with E-state index in [0.717, 1.165) is 18.6 Å². The first kappa shape index (κ1) is 20.8. The number of phenols is 1. The molecule has 0 spiro atoms. The number of hydrazone groups is 1. The minimum absolute atomic E-state index is 0. The summed E-state index contributed by atoms with van der Waals surface area (Å²) in [6.07, 6.45) is 6.71. The molecule has 1 unspecified atom stereocenters. The van der Waals surface area contributed by atoms with E-state index in [1.807, 2.05) is 12.1 Å². The lowest BCUT2D eigenvalue weighted by molar-refractivity contribution is 0.439. The van der Waals surface area contributed by atoms with Crippen LogP contribution in [0, 0.1) is 11.3 Å². The molecule has 0 radical (unpaired) electrons. The molecule has 0 bridgehead atoms. The highest BCUT2D eigenvalue weighted by atomic mass is 35.5. The first-order chi connectivity index (χ1) is 11.0. The molecule has 4 nitrogen and oxygen atoms in total. The Bertz CT molecular complexity index is 590. The maximum Gasteiger partial charge on any atom is 0.143 e. The minimum Gasteiger partial charge on any atom is -0.506 e. The predicted octanol–water partition coefficient (Wildman–Crippen LogP) is 5.46. The third-order valence-electron chi connectivity index (χ3n) is 4.23. The van der Waals surface area contributed by atoms with Crippen LogP contribution in [0.2, 0.25) is 5.02 Å². The van der Waals surface area contributed by atoms with E-state index in [1.165, 1.54) is 25.7 Å². The Morgan fingerprint density at radius 3 is 2.75 bits per heavy atom. The van der Waals surface area contributed by atoms with E-state index < -0.39 is 0 Å². The average Bonchev–Trinajstić information content (AvgIpc) is 2.91. The van der Waals surface area contributed by atoms with Gasteiger partial charge < -0.3 is 5.11 Å². The Morgan fingerprint density at radius 2 is 2.04 bits per heavy atom. The van der Waals surface area contributed by atoms with E-state index in [0.29, 0.717) is 23.0 Å². The number of benzene rings is 1. The predicted molar refractivity (Wildman–Crippen MR) is 104 cm³/mol. The molecule has 1 aliphatic heterocycles. The normalized spacial score (nSPS) is 16.7. The van der Waals surface area contributed by atoms with Crippen LogP contribution in [0.25, 0.3) is 0 Å². The van der Waals surface area contributed by atoms with E-state index in [4.69, 9.17) is 17.0 Å². The standard InChI is InChI=1S/C18H26ClN3O.ClH/c1-3-4-5-6-7-11-16(20)22-12-13(2)17(21-22)14-9-8-10-15(19)18(14)23;/h8-10,13,20,23H,3-7,11-12H2,1-2H3;1H. The molecule has 0 saturated carbocycles. The molecular formula is C18H27Cl2N3O. The lowest BCUT2D eigenvalue weighted by Gasteiger charge is -2.15. The van der Waals surface area contributed by atoms with Crippen LogP contribution in [0.4, 0.5) is 0 Å². The number of nitrogens with zero attached hydrogens (tertiary/aromatic N) is 2. The lowest BCUT2D eigenvalue weighted by Crippen LogP contribution is -2.24. The van der Waals surface area contributed by atoms with Gasteiger partial charge in [0.25, 0.3) is 0 Å². The fourth-order valence-corrected chi connectivity index (χ4v) is 3.03. The summed E-state index contributed by atoms with van der Waals surface area (Å²) in [5.74, 6) is 0.803. The van der Waals surface area contributed by atoms with E-state index >= 15 is 0 Å². The Morgan fingerprint density at radius 1 is 1.33 bits per heavy atom. The number of unbranched alkanes of at least 4 members (excludes halogenated alkanes) is 4. The summed E-state index contributed by atoms with van der Waals surface area (Å²) in [6.45, 7) is 4.96. The maximum atomic E-state index is 10.1. The molecule has 0 fully saturated rings. The van der Waals surface area contributed by atoms with Crippen molar-refractivity contribution in [2.45, 2.75) is 52.4 Å². The summed E-state index contributed by atoms with van der Waals surface area (Å²) in [6, 6.07) is 5.30. The van der Waals surface area contributed by atoms with E-state index in [-0.39, 0.29) is 24.1 Å². The van der Waals surface area contributed by atoms with Gasteiger partial charge in [0.05, 0.1) is 17.3 Å². The molecule has 1 aromatic carbocycles. The van der Waals surface area contributed by atoms with Crippen LogP contribution in [0.1, 0.15) is 57.9 Å². The zero-order valence-corrected chi connectivity index (χ0v) is 16.0. The van der Waals surface area contributed by atoms with Gasteiger partial charge in [-0.3, -0.25) is 10.4 Å². The van der Waals surface area contributed by atoms with Gasteiger partial charge in [0.15, 0.2) is 0 Å². The van der Waals surface area contributed by atoms with Crippen LogP contribution in [-0.2, 0) is 0 Å². The summed E-state index contributed by atoms with van der Waals surface area (Å²) >= 11 is 5.99. The Balaban J connectivity index is 0.00000288. The molecule has 1 aliphatic rings. The van der Waals surface area contributed by atoms with Crippen LogP contribution in [0.3, 0.4) is 0 Å². The Labute approximate surface area is 155 Å². The van der Waals surface area contributed by atoms with Crippen molar-refractivity contribution in [2.24, 2.45) is 11.0 Å². The third-order valence-corrected chi connectivity index (χ3v) is 4.54. The van der Waals surface area contributed by atoms with Crippen molar-refractivity contribution in [3.05, 3.63) is 28.8 Å². The summed E-state index contributed by atoms with van der Waals surface area (Å²) < 4.78 is 0. The van der Waals surface area contributed by atoms with Gasteiger partial charge in [-0.05, 0) is 18.6 Å². The molecule has 1 heterocycles. The van der Waals surface area contributed by atoms with Crippen LogP contribution in [0.15, 0.2) is 23.3 Å². The van der Waals surface area contributed by atoms with Crippen molar-refractivity contribution in [1.29, 1.82) is 5.41 Å². The summed E-state index contributed by atoms with van der Waals surface area (Å²) in [5, 5.41) is 25.0. The van der Waals surface area contributed by atoms with Crippen molar-refractivity contribution in [3.8, 4) is 5.75 Å². The Kier molecular flexibility index (Phi) is 8.57. The first-order valence-corrected chi connectivity index (χ1v) is 8.83. The maximum absolute atomic E-state index is 10.1. The third kappa shape index (κ3) is 5.12.